The molecule has 96 valence electrons. The fraction of sp³-hybridized carbons (Fsp3) is 0.333. The summed E-state index contributed by atoms with van der Waals surface area (Å²) in [6.45, 7) is 0. The Labute approximate surface area is 98.6 Å². The maximum atomic E-state index is 11.3. The van der Waals surface area contributed by atoms with Crippen molar-refractivity contribution in [3.63, 3.8) is 0 Å². The predicted molar refractivity (Wildman–Crippen MR) is 62.8 cm³/mol. The van der Waals surface area contributed by atoms with Crippen LogP contribution in [0.15, 0.2) is 30.3 Å². The van der Waals surface area contributed by atoms with Gasteiger partial charge in [0.15, 0.2) is 0 Å². The quantitative estimate of drug-likeness (QED) is 0.607. The largest absolute Gasteiger partial charge is 0.332 e. The molecule has 0 heterocycles. The Bertz CT molecular complexity index is 448. The fourth-order valence-electron chi connectivity index (χ4n) is 1.49. The molecule has 0 radical (unpaired) electrons. The molecule has 1 aromatic rings. The van der Waals surface area contributed by atoms with Crippen LogP contribution in [-0.4, -0.2) is 25.7 Å². The Hall–Kier alpha value is -0.480. The van der Waals surface area contributed by atoms with Crippen molar-refractivity contribution < 1.29 is 28.7 Å². The Morgan fingerprint density at radius 3 is 1.94 bits per heavy atom. The van der Waals surface area contributed by atoms with E-state index in [0.717, 1.165) is 0 Å². The lowest BCUT2D eigenvalue weighted by Crippen LogP contribution is -2.03. The molecule has 0 bridgehead atoms. The summed E-state index contributed by atoms with van der Waals surface area (Å²) in [7, 11) is -8.68. The summed E-state index contributed by atoms with van der Waals surface area (Å²) in [5.41, 5.74) is -0.786. The first-order chi connectivity index (χ1) is 7.70. The van der Waals surface area contributed by atoms with Crippen molar-refractivity contribution in [3.05, 3.63) is 35.9 Å². The second-order valence-corrected chi connectivity index (χ2v) is 7.27. The molecule has 1 unspecified atom stereocenters. The lowest BCUT2D eigenvalue weighted by Gasteiger charge is -2.18. The second kappa shape index (κ2) is 5.44. The molecule has 0 spiro atoms. The van der Waals surface area contributed by atoms with Gasteiger partial charge in [0.05, 0.1) is 11.8 Å². The van der Waals surface area contributed by atoms with Crippen LogP contribution in [0.4, 0.5) is 0 Å². The van der Waals surface area contributed by atoms with Crippen LogP contribution in [0.5, 0.6) is 0 Å². The summed E-state index contributed by atoms with van der Waals surface area (Å²) in [6.07, 6.45) is -0.795. The predicted octanol–water partition coefficient (Wildman–Crippen LogP) is 1.47. The highest BCUT2D eigenvalue weighted by Crippen LogP contribution is 2.55. The highest BCUT2D eigenvalue weighted by Gasteiger charge is 2.32. The normalized spacial score (nSPS) is 14.6. The van der Waals surface area contributed by atoms with Gasteiger partial charge in [-0.25, -0.2) is 0 Å². The van der Waals surface area contributed by atoms with Crippen LogP contribution in [0.2, 0.25) is 0 Å². The summed E-state index contributed by atoms with van der Waals surface area (Å²) < 4.78 is 22.0. The molecule has 0 saturated heterocycles. The number of hydrogen-bond acceptors (Lipinski definition) is 2. The third kappa shape index (κ3) is 5.13. The van der Waals surface area contributed by atoms with E-state index < -0.39 is 27.0 Å². The lowest BCUT2D eigenvalue weighted by molar-refractivity contribution is 0.352. The molecule has 0 aliphatic heterocycles. The topological polar surface area (TPSA) is 115 Å². The van der Waals surface area contributed by atoms with Gasteiger partial charge in [-0.05, 0) is 12.0 Å². The Balaban J connectivity index is 2.91. The average Bonchev–Trinajstić information content (AvgIpc) is 2.15. The maximum absolute atomic E-state index is 11.3. The average molecular weight is 280 g/mol. The lowest BCUT2D eigenvalue weighted by atomic mass is 10.1. The molecule has 6 nitrogen and oxygen atoms in total. The summed E-state index contributed by atoms with van der Waals surface area (Å²) in [5, 5.41) is 0. The van der Waals surface area contributed by atoms with Gasteiger partial charge in [-0.1, -0.05) is 30.3 Å². The van der Waals surface area contributed by atoms with E-state index in [9.17, 15) is 18.9 Å². The van der Waals surface area contributed by atoms with Gasteiger partial charge in [-0.2, -0.15) is 0 Å². The van der Waals surface area contributed by atoms with Gasteiger partial charge < -0.3 is 19.6 Å². The van der Waals surface area contributed by atoms with E-state index >= 15 is 0 Å². The van der Waals surface area contributed by atoms with Gasteiger partial charge in [0, 0.05) is 0 Å². The summed E-state index contributed by atoms with van der Waals surface area (Å²) in [5.74, 6) is 0. The molecule has 0 fully saturated rings. The Kier molecular flexibility index (Phi) is 4.67. The van der Waals surface area contributed by atoms with E-state index in [1.165, 1.54) is 12.1 Å². The van der Waals surface area contributed by atoms with Crippen molar-refractivity contribution in [2.24, 2.45) is 0 Å². The van der Waals surface area contributed by atoms with Gasteiger partial charge in [0.25, 0.3) is 0 Å². The zero-order valence-corrected chi connectivity index (χ0v) is 10.7. The van der Waals surface area contributed by atoms with Crippen LogP contribution in [0.1, 0.15) is 17.6 Å². The highest BCUT2D eigenvalue weighted by molar-refractivity contribution is 7.53. The molecule has 1 aromatic carbocycles. The first kappa shape index (κ1) is 14.6. The third-order valence-corrected chi connectivity index (χ3v) is 4.49. The molecule has 17 heavy (non-hydrogen) atoms. The SMILES string of the molecule is O=P(O)(O)CCC(c1ccccc1)P(=O)(O)O. The minimum absolute atomic E-state index is 0.251. The molecule has 0 aliphatic carbocycles. The fourth-order valence-corrected chi connectivity index (χ4v) is 3.32. The Morgan fingerprint density at radius 2 is 1.53 bits per heavy atom. The summed E-state index contributed by atoms with van der Waals surface area (Å²) in [4.78, 5) is 35.8. The van der Waals surface area contributed by atoms with E-state index in [0.29, 0.717) is 5.56 Å². The van der Waals surface area contributed by atoms with Crippen molar-refractivity contribution in [1.29, 1.82) is 0 Å². The van der Waals surface area contributed by atoms with Crippen molar-refractivity contribution in [1.82, 2.24) is 0 Å². The van der Waals surface area contributed by atoms with Crippen LogP contribution in [-0.2, 0) is 9.13 Å². The van der Waals surface area contributed by atoms with Crippen LogP contribution < -0.4 is 0 Å². The molecular formula is C9H14O6P2. The minimum atomic E-state index is -4.43. The monoisotopic (exact) mass is 280 g/mol. The van der Waals surface area contributed by atoms with Gasteiger partial charge in [0.2, 0.25) is 0 Å². The molecule has 1 rings (SSSR count). The van der Waals surface area contributed by atoms with E-state index in [4.69, 9.17) is 9.79 Å². The highest BCUT2D eigenvalue weighted by atomic mass is 31.2. The first-order valence-corrected chi connectivity index (χ1v) is 8.33. The van der Waals surface area contributed by atoms with E-state index in [2.05, 4.69) is 0 Å². The molecule has 0 saturated carbocycles. The van der Waals surface area contributed by atoms with E-state index in [-0.39, 0.29) is 6.42 Å². The maximum Gasteiger partial charge on any atom is 0.332 e. The second-order valence-electron chi connectivity index (χ2n) is 3.69. The van der Waals surface area contributed by atoms with E-state index in [1.54, 1.807) is 18.2 Å². The zero-order chi connectivity index (χ0) is 13.1. The standard InChI is InChI=1S/C9H14O6P2/c10-16(11,12)7-6-9(17(13,14)15)8-4-2-1-3-5-8/h1-5,9H,6-7H2,(H2,10,11,12)(H2,13,14,15). The van der Waals surface area contributed by atoms with Gasteiger partial charge >= 0.3 is 15.2 Å². The molecule has 8 heteroatoms. The smallest absolute Gasteiger partial charge is 0.324 e. The summed E-state index contributed by atoms with van der Waals surface area (Å²) >= 11 is 0. The van der Waals surface area contributed by atoms with Crippen molar-refractivity contribution in [3.8, 4) is 0 Å². The number of benzene rings is 1. The molecule has 0 aliphatic rings. The third-order valence-electron chi connectivity index (χ3n) is 2.28. The number of hydrogen-bond donors (Lipinski definition) is 4. The molecule has 0 aromatic heterocycles. The van der Waals surface area contributed by atoms with Gasteiger partial charge in [-0.15, -0.1) is 0 Å². The molecule has 1 atom stereocenters. The van der Waals surface area contributed by atoms with Crippen molar-refractivity contribution in [2.45, 2.75) is 12.1 Å². The van der Waals surface area contributed by atoms with Gasteiger partial charge in [0.1, 0.15) is 0 Å². The molecule has 4 N–H and O–H groups in total. The minimum Gasteiger partial charge on any atom is -0.324 e. The molecule has 0 amide bonds. The van der Waals surface area contributed by atoms with E-state index in [1.807, 2.05) is 0 Å². The molecular weight excluding hydrogens is 266 g/mol. The Morgan fingerprint density at radius 1 is 1.00 bits per heavy atom. The first-order valence-electron chi connectivity index (χ1n) is 4.85. The summed E-state index contributed by atoms with van der Waals surface area (Å²) in [6, 6.07) is 8.00. The van der Waals surface area contributed by atoms with Crippen molar-refractivity contribution >= 4 is 15.2 Å². The van der Waals surface area contributed by atoms with Crippen LogP contribution >= 0.6 is 15.2 Å². The zero-order valence-electron chi connectivity index (χ0n) is 8.88. The van der Waals surface area contributed by atoms with Crippen LogP contribution in [0.3, 0.4) is 0 Å². The van der Waals surface area contributed by atoms with Crippen LogP contribution in [0.25, 0.3) is 0 Å². The van der Waals surface area contributed by atoms with Crippen molar-refractivity contribution in [2.75, 3.05) is 6.16 Å². The van der Waals surface area contributed by atoms with Crippen LogP contribution in [0, 0.1) is 0 Å². The number of rotatable bonds is 5. The van der Waals surface area contributed by atoms with Gasteiger partial charge in [-0.3, -0.25) is 9.13 Å².